The van der Waals surface area contributed by atoms with Crippen molar-refractivity contribution in [3.63, 3.8) is 0 Å². The van der Waals surface area contributed by atoms with Crippen molar-refractivity contribution in [2.24, 2.45) is 0 Å². The van der Waals surface area contributed by atoms with Gasteiger partial charge in [-0.1, -0.05) is 24.3 Å². The van der Waals surface area contributed by atoms with Crippen LogP contribution >= 0.6 is 0 Å². The average Bonchev–Trinajstić information content (AvgIpc) is 2.66. The summed E-state index contributed by atoms with van der Waals surface area (Å²) < 4.78 is 32.5. The number of hydrogen-bond donors (Lipinski definition) is 0. The zero-order valence-corrected chi connectivity index (χ0v) is 16.3. The Balaban J connectivity index is 2.66. The minimum Gasteiger partial charge on any atom is -0.462 e. The minimum atomic E-state index is -4.30. The Bertz CT molecular complexity index is 1020. The largest absolute Gasteiger partial charge is 0.462 e. The third kappa shape index (κ3) is 4.20. The van der Waals surface area contributed by atoms with Gasteiger partial charge in [-0.15, -0.1) is 6.58 Å². The highest BCUT2D eigenvalue weighted by Gasteiger charge is 2.32. The SMILES string of the molecule is C=CCN(c1cc(C(=O)OCC)ccc1C)S(=O)(=O)c1ccccc1[N+](=O)[O-]. The molecule has 0 aromatic heterocycles. The summed E-state index contributed by atoms with van der Waals surface area (Å²) in [5.74, 6) is -0.592. The number of ether oxygens (including phenoxy) is 1. The van der Waals surface area contributed by atoms with E-state index >= 15 is 0 Å². The molecule has 8 nitrogen and oxygen atoms in total. The lowest BCUT2D eigenvalue weighted by Gasteiger charge is -2.25. The molecule has 2 rings (SSSR count). The quantitative estimate of drug-likeness (QED) is 0.289. The van der Waals surface area contributed by atoms with E-state index in [4.69, 9.17) is 4.74 Å². The number of nitro groups is 1. The van der Waals surface area contributed by atoms with E-state index in [1.807, 2.05) is 0 Å². The van der Waals surface area contributed by atoms with Gasteiger partial charge in [0.25, 0.3) is 15.7 Å². The zero-order valence-electron chi connectivity index (χ0n) is 15.5. The second-order valence-corrected chi connectivity index (χ2v) is 7.60. The molecular weight excluding hydrogens is 384 g/mol. The van der Waals surface area contributed by atoms with Crippen molar-refractivity contribution in [2.45, 2.75) is 18.7 Å². The van der Waals surface area contributed by atoms with Crippen LogP contribution < -0.4 is 4.31 Å². The Morgan fingerprint density at radius 1 is 1.29 bits per heavy atom. The number of aryl methyl sites for hydroxylation is 1. The molecule has 2 aromatic rings. The maximum Gasteiger partial charge on any atom is 0.338 e. The number of hydrogen-bond acceptors (Lipinski definition) is 6. The van der Waals surface area contributed by atoms with Crippen molar-refractivity contribution < 1.29 is 22.9 Å². The monoisotopic (exact) mass is 404 g/mol. The highest BCUT2D eigenvalue weighted by Crippen LogP contribution is 2.32. The predicted molar refractivity (Wildman–Crippen MR) is 105 cm³/mol. The smallest absolute Gasteiger partial charge is 0.338 e. The van der Waals surface area contributed by atoms with Crippen LogP contribution in [0.1, 0.15) is 22.8 Å². The number of carbonyl (C=O) groups is 1. The van der Waals surface area contributed by atoms with Gasteiger partial charge in [-0.25, -0.2) is 13.2 Å². The number of benzene rings is 2. The van der Waals surface area contributed by atoms with E-state index < -0.39 is 31.5 Å². The second-order valence-electron chi connectivity index (χ2n) is 5.77. The highest BCUT2D eigenvalue weighted by molar-refractivity contribution is 7.93. The van der Waals surface area contributed by atoms with Gasteiger partial charge < -0.3 is 4.74 Å². The topological polar surface area (TPSA) is 107 Å². The van der Waals surface area contributed by atoms with Gasteiger partial charge in [0.15, 0.2) is 4.90 Å². The van der Waals surface area contributed by atoms with Crippen LogP contribution in [0.15, 0.2) is 60.0 Å². The van der Waals surface area contributed by atoms with Gasteiger partial charge in [0.05, 0.1) is 29.3 Å². The third-order valence-corrected chi connectivity index (χ3v) is 5.74. The first-order chi connectivity index (χ1) is 13.2. The molecule has 0 unspecified atom stereocenters. The fourth-order valence-corrected chi connectivity index (χ4v) is 4.26. The summed E-state index contributed by atoms with van der Waals surface area (Å²) in [5.41, 5.74) is 0.422. The Kier molecular flexibility index (Phi) is 6.53. The standard InChI is InChI=1S/C19H20N2O6S/c1-4-12-20(17-13-15(11-10-14(17)3)19(22)27-5-2)28(25,26)18-9-7-6-8-16(18)21(23)24/h4,6-11,13H,1,5,12H2,2-3H3. The van der Waals surface area contributed by atoms with Crippen LogP contribution in [-0.4, -0.2) is 32.5 Å². The van der Waals surface area contributed by atoms with Crippen molar-refractivity contribution in [2.75, 3.05) is 17.5 Å². The van der Waals surface area contributed by atoms with Gasteiger partial charge in [-0.2, -0.15) is 0 Å². The molecule has 0 aliphatic heterocycles. The summed E-state index contributed by atoms with van der Waals surface area (Å²) in [5, 5.41) is 11.3. The second kappa shape index (κ2) is 8.66. The van der Waals surface area contributed by atoms with E-state index in [1.54, 1.807) is 19.9 Å². The number of anilines is 1. The molecule has 0 amide bonds. The van der Waals surface area contributed by atoms with E-state index in [1.165, 1.54) is 36.4 Å². The molecule has 148 valence electrons. The van der Waals surface area contributed by atoms with Gasteiger partial charge in [0.2, 0.25) is 0 Å². The predicted octanol–water partition coefficient (Wildman–Crippen LogP) is 3.46. The number of nitrogens with zero attached hydrogens (tertiary/aromatic N) is 2. The number of esters is 1. The van der Waals surface area contributed by atoms with Crippen molar-refractivity contribution in [1.82, 2.24) is 0 Å². The fraction of sp³-hybridized carbons (Fsp3) is 0.211. The molecule has 0 bridgehead atoms. The summed E-state index contributed by atoms with van der Waals surface area (Å²) in [6, 6.07) is 9.61. The lowest BCUT2D eigenvalue weighted by Crippen LogP contribution is -2.32. The van der Waals surface area contributed by atoms with Crippen LogP contribution in [-0.2, 0) is 14.8 Å². The third-order valence-electron chi connectivity index (χ3n) is 3.91. The van der Waals surface area contributed by atoms with Crippen LogP contribution in [0.25, 0.3) is 0 Å². The van der Waals surface area contributed by atoms with Gasteiger partial charge >= 0.3 is 5.97 Å². The van der Waals surface area contributed by atoms with Crippen LogP contribution in [0.2, 0.25) is 0 Å². The summed E-state index contributed by atoms with van der Waals surface area (Å²) >= 11 is 0. The maximum atomic E-state index is 13.3. The Morgan fingerprint density at radius 2 is 1.96 bits per heavy atom. The molecule has 0 spiro atoms. The Morgan fingerprint density at radius 3 is 2.57 bits per heavy atom. The van der Waals surface area contributed by atoms with E-state index in [-0.39, 0.29) is 24.4 Å². The first-order valence-electron chi connectivity index (χ1n) is 8.38. The molecule has 0 atom stereocenters. The summed E-state index contributed by atoms with van der Waals surface area (Å²) in [6.45, 7) is 6.95. The van der Waals surface area contributed by atoms with Gasteiger partial charge in [-0.3, -0.25) is 14.4 Å². The van der Waals surface area contributed by atoms with Gasteiger partial charge in [-0.05, 0) is 37.6 Å². The summed E-state index contributed by atoms with van der Waals surface area (Å²) in [7, 11) is -4.30. The van der Waals surface area contributed by atoms with E-state index in [0.717, 1.165) is 10.4 Å². The van der Waals surface area contributed by atoms with E-state index in [2.05, 4.69) is 6.58 Å². The van der Waals surface area contributed by atoms with Crippen LogP contribution in [0.5, 0.6) is 0 Å². The number of rotatable bonds is 8. The summed E-state index contributed by atoms with van der Waals surface area (Å²) in [4.78, 5) is 22.2. The molecule has 0 N–H and O–H groups in total. The molecule has 0 radical (unpaired) electrons. The molecule has 0 aliphatic rings. The summed E-state index contributed by atoms with van der Waals surface area (Å²) in [6.07, 6.45) is 1.36. The number of para-hydroxylation sites is 1. The van der Waals surface area contributed by atoms with Gasteiger partial charge in [0, 0.05) is 6.07 Å². The average molecular weight is 404 g/mol. The van der Waals surface area contributed by atoms with Crippen molar-refractivity contribution in [3.8, 4) is 0 Å². The lowest BCUT2D eigenvalue weighted by atomic mass is 10.1. The van der Waals surface area contributed by atoms with Crippen molar-refractivity contribution in [1.29, 1.82) is 0 Å². The molecule has 0 heterocycles. The first kappa shape index (κ1) is 21.1. The molecule has 2 aromatic carbocycles. The fourth-order valence-electron chi connectivity index (χ4n) is 2.61. The normalized spacial score (nSPS) is 10.9. The highest BCUT2D eigenvalue weighted by atomic mass is 32.2. The van der Waals surface area contributed by atoms with Crippen molar-refractivity contribution in [3.05, 3.63) is 76.4 Å². The zero-order chi connectivity index (χ0) is 20.9. The molecule has 0 aliphatic carbocycles. The maximum absolute atomic E-state index is 13.3. The number of carbonyl (C=O) groups excluding carboxylic acids is 1. The number of nitro benzene ring substituents is 1. The van der Waals surface area contributed by atoms with Crippen LogP contribution in [0.3, 0.4) is 0 Å². The molecule has 0 fully saturated rings. The van der Waals surface area contributed by atoms with Crippen LogP contribution in [0.4, 0.5) is 11.4 Å². The van der Waals surface area contributed by atoms with Gasteiger partial charge in [0.1, 0.15) is 0 Å². The van der Waals surface area contributed by atoms with Crippen molar-refractivity contribution >= 4 is 27.4 Å². The lowest BCUT2D eigenvalue weighted by molar-refractivity contribution is -0.387. The molecule has 9 heteroatoms. The van der Waals surface area contributed by atoms with E-state index in [0.29, 0.717) is 5.56 Å². The van der Waals surface area contributed by atoms with Crippen LogP contribution in [0, 0.1) is 17.0 Å². The molecule has 0 saturated heterocycles. The molecule has 28 heavy (non-hydrogen) atoms. The Labute approximate surface area is 163 Å². The Hall–Kier alpha value is -3.20. The molecular formula is C19H20N2O6S. The molecule has 0 saturated carbocycles. The minimum absolute atomic E-state index is 0.137. The first-order valence-corrected chi connectivity index (χ1v) is 9.82. The van der Waals surface area contributed by atoms with E-state index in [9.17, 15) is 23.3 Å². The number of sulfonamides is 1.